The van der Waals surface area contributed by atoms with Gasteiger partial charge in [-0.25, -0.2) is 9.18 Å². The van der Waals surface area contributed by atoms with Crippen molar-refractivity contribution in [3.8, 4) is 0 Å². The number of rotatable bonds is 1. The minimum atomic E-state index is -0.885. The predicted octanol–water partition coefficient (Wildman–Crippen LogP) is 4.41. The smallest absolute Gasteiger partial charge is 0.339 e. The number of benzene rings is 3. The van der Waals surface area contributed by atoms with Crippen LogP contribution in [0.3, 0.4) is 0 Å². The van der Waals surface area contributed by atoms with Gasteiger partial charge in [-0.1, -0.05) is 42.5 Å². The highest BCUT2D eigenvalue weighted by Gasteiger charge is 2.42. The molecule has 0 amide bonds. The van der Waals surface area contributed by atoms with E-state index < -0.39 is 5.60 Å². The zero-order valence-electron chi connectivity index (χ0n) is 12.0. The molecule has 3 aromatic carbocycles. The predicted molar refractivity (Wildman–Crippen MR) is 82.2 cm³/mol. The summed E-state index contributed by atoms with van der Waals surface area (Å²) in [5.74, 6) is -0.618. The summed E-state index contributed by atoms with van der Waals surface area (Å²) in [5.41, 5.74) is 1.27. The molecule has 0 saturated heterocycles. The third-order valence-electron chi connectivity index (χ3n) is 4.34. The van der Waals surface area contributed by atoms with Crippen LogP contribution in [0, 0.1) is 5.82 Å². The van der Waals surface area contributed by atoms with Gasteiger partial charge in [-0.15, -0.1) is 0 Å². The van der Waals surface area contributed by atoms with Crippen LogP contribution in [0.4, 0.5) is 4.39 Å². The number of ether oxygens (including phenoxy) is 1. The maximum Gasteiger partial charge on any atom is 0.339 e. The number of cyclic esters (lactones) is 1. The fourth-order valence-electron chi connectivity index (χ4n) is 3.12. The highest BCUT2D eigenvalue weighted by atomic mass is 19.1. The Bertz CT molecular complexity index is 916. The Morgan fingerprint density at radius 2 is 1.82 bits per heavy atom. The third-order valence-corrected chi connectivity index (χ3v) is 4.34. The molecule has 3 heteroatoms. The van der Waals surface area contributed by atoms with Crippen molar-refractivity contribution in [2.24, 2.45) is 0 Å². The van der Waals surface area contributed by atoms with E-state index in [9.17, 15) is 9.18 Å². The van der Waals surface area contributed by atoms with Gasteiger partial charge in [0.1, 0.15) is 5.82 Å². The molecule has 0 fully saturated rings. The number of hydrogen-bond donors (Lipinski definition) is 0. The van der Waals surface area contributed by atoms with Crippen molar-refractivity contribution in [1.29, 1.82) is 0 Å². The first-order valence-electron chi connectivity index (χ1n) is 7.11. The van der Waals surface area contributed by atoms with E-state index in [1.165, 1.54) is 6.07 Å². The van der Waals surface area contributed by atoms with Crippen LogP contribution in [-0.4, -0.2) is 5.97 Å². The van der Waals surface area contributed by atoms with Gasteiger partial charge in [0.05, 0.1) is 5.56 Å². The summed E-state index contributed by atoms with van der Waals surface area (Å²) < 4.78 is 19.7. The molecule has 0 N–H and O–H groups in total. The Balaban J connectivity index is 1.96. The molecule has 0 saturated carbocycles. The zero-order chi connectivity index (χ0) is 15.3. The second-order valence-electron chi connectivity index (χ2n) is 5.64. The average molecular weight is 292 g/mol. The van der Waals surface area contributed by atoms with Gasteiger partial charge in [0.15, 0.2) is 5.60 Å². The maximum atomic E-state index is 14.0. The quantitative estimate of drug-likeness (QED) is 0.621. The third kappa shape index (κ3) is 1.69. The summed E-state index contributed by atoms with van der Waals surface area (Å²) in [6.07, 6.45) is 0. The van der Waals surface area contributed by atoms with Crippen LogP contribution in [0.25, 0.3) is 10.8 Å². The first-order chi connectivity index (χ1) is 10.6. The fraction of sp³-hybridized carbons (Fsp3) is 0.105. The van der Waals surface area contributed by atoms with E-state index in [-0.39, 0.29) is 11.8 Å². The van der Waals surface area contributed by atoms with Gasteiger partial charge in [0.2, 0.25) is 0 Å². The van der Waals surface area contributed by atoms with Crippen LogP contribution in [0.15, 0.2) is 60.7 Å². The maximum absolute atomic E-state index is 14.0. The number of hydrogen-bond acceptors (Lipinski definition) is 2. The molecule has 0 bridgehead atoms. The topological polar surface area (TPSA) is 26.3 Å². The molecule has 3 aromatic rings. The summed E-state index contributed by atoms with van der Waals surface area (Å²) in [4.78, 5) is 12.1. The van der Waals surface area contributed by atoms with Crippen molar-refractivity contribution < 1.29 is 13.9 Å². The Labute approximate surface area is 127 Å². The van der Waals surface area contributed by atoms with E-state index >= 15 is 0 Å². The van der Waals surface area contributed by atoms with E-state index in [4.69, 9.17) is 4.74 Å². The summed E-state index contributed by atoms with van der Waals surface area (Å²) in [5, 5.41) is 1.35. The highest BCUT2D eigenvalue weighted by molar-refractivity contribution is 5.95. The monoisotopic (exact) mass is 292 g/mol. The molecular formula is C19H13FO2. The second-order valence-corrected chi connectivity index (χ2v) is 5.64. The fourth-order valence-corrected chi connectivity index (χ4v) is 3.12. The second kappa shape index (κ2) is 4.41. The van der Waals surface area contributed by atoms with Gasteiger partial charge >= 0.3 is 5.97 Å². The van der Waals surface area contributed by atoms with Gasteiger partial charge in [0, 0.05) is 16.5 Å². The summed E-state index contributed by atoms with van der Waals surface area (Å²) in [6, 6.07) is 17.8. The summed E-state index contributed by atoms with van der Waals surface area (Å²) in [6.45, 7) is 1.85. The Morgan fingerprint density at radius 1 is 1.00 bits per heavy atom. The molecule has 4 rings (SSSR count). The molecule has 1 atom stereocenters. The average Bonchev–Trinajstić information content (AvgIpc) is 2.80. The normalized spacial score (nSPS) is 20.0. The van der Waals surface area contributed by atoms with E-state index in [0.29, 0.717) is 10.9 Å². The Morgan fingerprint density at radius 3 is 2.68 bits per heavy atom. The first-order valence-corrected chi connectivity index (χ1v) is 7.11. The zero-order valence-corrected chi connectivity index (χ0v) is 12.0. The highest BCUT2D eigenvalue weighted by Crippen LogP contribution is 2.42. The van der Waals surface area contributed by atoms with Crippen LogP contribution >= 0.6 is 0 Å². The van der Waals surface area contributed by atoms with Crippen LogP contribution in [0.2, 0.25) is 0 Å². The van der Waals surface area contributed by atoms with Gasteiger partial charge in [-0.2, -0.15) is 0 Å². The SMILES string of the molecule is C[C@]1(c2ccc3cccc(F)c3c2)OC(=O)c2ccccc21. The van der Waals surface area contributed by atoms with E-state index in [2.05, 4.69) is 0 Å². The molecular weight excluding hydrogens is 279 g/mol. The molecule has 0 aromatic heterocycles. The van der Waals surface area contributed by atoms with Gasteiger partial charge < -0.3 is 4.74 Å². The standard InChI is InChI=1S/C19H13FO2/c1-19(16-7-3-2-6-14(16)18(21)22-19)13-10-9-12-5-4-8-17(20)15(12)11-13/h2-11H,1H3/t19-/m1/s1. The molecule has 22 heavy (non-hydrogen) atoms. The lowest BCUT2D eigenvalue weighted by atomic mass is 9.86. The largest absolute Gasteiger partial charge is 0.446 e. The lowest BCUT2D eigenvalue weighted by Crippen LogP contribution is -2.23. The first kappa shape index (κ1) is 13.0. The molecule has 1 aliphatic heterocycles. The number of halogens is 1. The molecule has 2 nitrogen and oxygen atoms in total. The number of carbonyl (C=O) groups excluding carboxylic acids is 1. The van der Waals surface area contributed by atoms with Gasteiger partial charge in [-0.05, 0) is 30.5 Å². The molecule has 108 valence electrons. The molecule has 1 aliphatic rings. The molecule has 1 heterocycles. The van der Waals surface area contributed by atoms with Crippen molar-refractivity contribution >= 4 is 16.7 Å². The Hall–Kier alpha value is -2.68. The van der Waals surface area contributed by atoms with E-state index in [1.54, 1.807) is 18.2 Å². The van der Waals surface area contributed by atoms with Crippen molar-refractivity contribution in [2.45, 2.75) is 12.5 Å². The molecule has 0 spiro atoms. The minimum Gasteiger partial charge on any atom is -0.446 e. The minimum absolute atomic E-state index is 0.277. The number of carbonyl (C=O) groups is 1. The lowest BCUT2D eigenvalue weighted by Gasteiger charge is -2.25. The summed E-state index contributed by atoms with van der Waals surface area (Å²) >= 11 is 0. The van der Waals surface area contributed by atoms with Crippen molar-refractivity contribution in [3.05, 3.63) is 83.2 Å². The molecule has 0 aliphatic carbocycles. The van der Waals surface area contributed by atoms with Gasteiger partial charge in [0.25, 0.3) is 0 Å². The van der Waals surface area contributed by atoms with Crippen molar-refractivity contribution in [1.82, 2.24) is 0 Å². The molecule has 0 unspecified atom stereocenters. The van der Waals surface area contributed by atoms with E-state index in [0.717, 1.165) is 16.5 Å². The number of esters is 1. The molecule has 0 radical (unpaired) electrons. The Kier molecular flexibility index (Phi) is 2.61. The van der Waals surface area contributed by atoms with Crippen molar-refractivity contribution in [2.75, 3.05) is 0 Å². The van der Waals surface area contributed by atoms with Gasteiger partial charge in [-0.3, -0.25) is 0 Å². The summed E-state index contributed by atoms with van der Waals surface area (Å²) in [7, 11) is 0. The van der Waals surface area contributed by atoms with Crippen LogP contribution < -0.4 is 0 Å². The van der Waals surface area contributed by atoms with Crippen LogP contribution in [-0.2, 0) is 10.3 Å². The van der Waals surface area contributed by atoms with Crippen molar-refractivity contribution in [3.63, 3.8) is 0 Å². The lowest BCUT2D eigenvalue weighted by molar-refractivity contribution is 0.0180. The van der Waals surface area contributed by atoms with Crippen LogP contribution in [0.5, 0.6) is 0 Å². The van der Waals surface area contributed by atoms with Crippen LogP contribution in [0.1, 0.15) is 28.4 Å². The van der Waals surface area contributed by atoms with E-state index in [1.807, 2.05) is 43.3 Å². The number of fused-ring (bicyclic) bond motifs is 2.